The van der Waals surface area contributed by atoms with Gasteiger partial charge < -0.3 is 10.1 Å². The molecule has 1 atom stereocenters. The first-order chi connectivity index (χ1) is 7.84. The minimum Gasteiger partial charge on any atom is -0.361 e. The first-order valence-electron chi connectivity index (χ1n) is 5.89. The van der Waals surface area contributed by atoms with Crippen LogP contribution in [0.2, 0.25) is 0 Å². The summed E-state index contributed by atoms with van der Waals surface area (Å²) in [4.78, 5) is 2.20. The summed E-state index contributed by atoms with van der Waals surface area (Å²) in [6.07, 6.45) is 1.50. The highest BCUT2D eigenvalue weighted by atomic mass is 16.5. The molecule has 0 unspecified atom stereocenters. The molecule has 0 radical (unpaired) electrons. The van der Waals surface area contributed by atoms with Crippen molar-refractivity contribution in [2.45, 2.75) is 19.1 Å². The van der Waals surface area contributed by atoms with Crippen LogP contribution in [0.3, 0.4) is 0 Å². The Labute approximate surface area is 97.4 Å². The highest BCUT2D eigenvalue weighted by molar-refractivity contribution is 5.14. The predicted octanol–water partition coefficient (Wildman–Crippen LogP) is 1.45. The molecule has 3 nitrogen and oxygen atoms in total. The van der Waals surface area contributed by atoms with Gasteiger partial charge in [0.05, 0.1) is 12.8 Å². The molecular formula is C13H20N2O. The Hall–Kier alpha value is -0.900. The first kappa shape index (κ1) is 11.6. The molecule has 0 bridgehead atoms. The zero-order valence-electron chi connectivity index (χ0n) is 9.86. The third kappa shape index (κ3) is 3.59. The summed E-state index contributed by atoms with van der Waals surface area (Å²) in [5.41, 5.74) is 1.33. The van der Waals surface area contributed by atoms with E-state index in [0.717, 1.165) is 32.8 Å². The van der Waals surface area contributed by atoms with Crippen LogP contribution in [0.15, 0.2) is 30.3 Å². The van der Waals surface area contributed by atoms with E-state index >= 15 is 0 Å². The van der Waals surface area contributed by atoms with Gasteiger partial charge in [0.15, 0.2) is 0 Å². The van der Waals surface area contributed by atoms with Crippen molar-refractivity contribution < 1.29 is 4.74 Å². The van der Waals surface area contributed by atoms with Crippen molar-refractivity contribution in [3.8, 4) is 0 Å². The van der Waals surface area contributed by atoms with Crippen LogP contribution in [0.5, 0.6) is 0 Å². The molecule has 0 aliphatic carbocycles. The maximum atomic E-state index is 5.69. The normalized spacial score (nSPS) is 22.2. The molecule has 3 heteroatoms. The van der Waals surface area contributed by atoms with Gasteiger partial charge in [0.2, 0.25) is 0 Å². The van der Waals surface area contributed by atoms with Crippen molar-refractivity contribution >= 4 is 0 Å². The van der Waals surface area contributed by atoms with Crippen molar-refractivity contribution in [1.29, 1.82) is 0 Å². The lowest BCUT2D eigenvalue weighted by molar-refractivity contribution is -0.0561. The summed E-state index contributed by atoms with van der Waals surface area (Å²) in [5, 5.41) is 3.44. The average Bonchev–Trinajstić information content (AvgIpc) is 2.33. The fourth-order valence-corrected chi connectivity index (χ4v) is 1.88. The van der Waals surface area contributed by atoms with E-state index in [0.29, 0.717) is 6.10 Å². The minimum absolute atomic E-state index is 0.375. The zero-order chi connectivity index (χ0) is 11.2. The van der Waals surface area contributed by atoms with Gasteiger partial charge in [0.1, 0.15) is 0 Å². The molecule has 0 spiro atoms. The minimum atomic E-state index is 0.375. The van der Waals surface area contributed by atoms with Gasteiger partial charge in [-0.2, -0.15) is 0 Å². The topological polar surface area (TPSA) is 24.5 Å². The van der Waals surface area contributed by atoms with Gasteiger partial charge in [-0.15, -0.1) is 0 Å². The van der Waals surface area contributed by atoms with Crippen molar-refractivity contribution in [2.24, 2.45) is 0 Å². The summed E-state index contributed by atoms with van der Waals surface area (Å²) >= 11 is 0. The van der Waals surface area contributed by atoms with Gasteiger partial charge in [0, 0.05) is 19.6 Å². The van der Waals surface area contributed by atoms with E-state index in [-0.39, 0.29) is 0 Å². The molecule has 0 saturated carbocycles. The molecule has 1 aliphatic rings. The van der Waals surface area contributed by atoms with Crippen LogP contribution in [0, 0.1) is 0 Å². The first-order valence-corrected chi connectivity index (χ1v) is 5.89. The lowest BCUT2D eigenvalue weighted by atomic mass is 10.2. The summed E-state index contributed by atoms with van der Waals surface area (Å²) in [6, 6.07) is 10.5. The average molecular weight is 220 g/mol. The van der Waals surface area contributed by atoms with E-state index in [9.17, 15) is 0 Å². The number of rotatable bonds is 4. The Morgan fingerprint density at radius 3 is 2.88 bits per heavy atom. The van der Waals surface area contributed by atoms with Gasteiger partial charge in [0.25, 0.3) is 0 Å². The Morgan fingerprint density at radius 2 is 2.19 bits per heavy atom. The Balaban J connectivity index is 1.65. The van der Waals surface area contributed by atoms with E-state index in [1.54, 1.807) is 0 Å². The molecule has 1 saturated heterocycles. The van der Waals surface area contributed by atoms with E-state index < -0.39 is 0 Å². The second-order valence-electron chi connectivity index (χ2n) is 4.40. The van der Waals surface area contributed by atoms with Crippen LogP contribution < -0.4 is 5.32 Å². The molecule has 1 aliphatic heterocycles. The van der Waals surface area contributed by atoms with Gasteiger partial charge in [-0.1, -0.05) is 30.3 Å². The highest BCUT2D eigenvalue weighted by Gasteiger charge is 2.15. The van der Waals surface area contributed by atoms with Crippen molar-refractivity contribution in [3.05, 3.63) is 35.9 Å². The van der Waals surface area contributed by atoms with Crippen LogP contribution in [-0.4, -0.2) is 37.9 Å². The summed E-state index contributed by atoms with van der Waals surface area (Å²) in [5.74, 6) is 0. The molecule has 1 fully saturated rings. The highest BCUT2D eigenvalue weighted by Crippen LogP contribution is 2.07. The third-order valence-corrected chi connectivity index (χ3v) is 2.91. The van der Waals surface area contributed by atoms with Crippen molar-refractivity contribution in [3.63, 3.8) is 0 Å². The number of nitrogens with zero attached hydrogens (tertiary/aromatic N) is 1. The molecule has 1 aromatic carbocycles. The van der Waals surface area contributed by atoms with E-state index in [1.807, 2.05) is 6.07 Å². The van der Waals surface area contributed by atoms with Crippen molar-refractivity contribution in [1.82, 2.24) is 10.2 Å². The molecule has 1 aromatic rings. The zero-order valence-corrected chi connectivity index (χ0v) is 9.86. The molecular weight excluding hydrogens is 200 g/mol. The number of hydrogen-bond acceptors (Lipinski definition) is 3. The monoisotopic (exact) mass is 220 g/mol. The Bertz CT molecular complexity index is 294. The maximum absolute atomic E-state index is 5.69. The standard InChI is InChI=1S/C13H20N2O/c1-15-8-7-13(16-11-15)10-14-9-12-5-3-2-4-6-12/h2-6,13-14H,7-11H2,1H3/t13-/m0/s1. The molecule has 0 aromatic heterocycles. The quantitative estimate of drug-likeness (QED) is 0.831. The van der Waals surface area contributed by atoms with Crippen LogP contribution in [0.25, 0.3) is 0 Å². The third-order valence-electron chi connectivity index (χ3n) is 2.91. The van der Waals surface area contributed by atoms with E-state index in [1.165, 1.54) is 5.56 Å². The summed E-state index contributed by atoms with van der Waals surface area (Å²) < 4.78 is 5.69. The van der Waals surface area contributed by atoms with Crippen LogP contribution in [-0.2, 0) is 11.3 Å². The largest absolute Gasteiger partial charge is 0.361 e. The molecule has 0 amide bonds. The fraction of sp³-hybridized carbons (Fsp3) is 0.538. The van der Waals surface area contributed by atoms with Crippen LogP contribution in [0.4, 0.5) is 0 Å². The fourth-order valence-electron chi connectivity index (χ4n) is 1.88. The molecule has 1 N–H and O–H groups in total. The molecule has 16 heavy (non-hydrogen) atoms. The Morgan fingerprint density at radius 1 is 1.38 bits per heavy atom. The van der Waals surface area contributed by atoms with Crippen molar-refractivity contribution in [2.75, 3.05) is 26.9 Å². The van der Waals surface area contributed by atoms with E-state index in [4.69, 9.17) is 4.74 Å². The predicted molar refractivity (Wildman–Crippen MR) is 65.1 cm³/mol. The van der Waals surface area contributed by atoms with Gasteiger partial charge in [-0.3, -0.25) is 4.90 Å². The van der Waals surface area contributed by atoms with Gasteiger partial charge >= 0.3 is 0 Å². The van der Waals surface area contributed by atoms with Gasteiger partial charge in [-0.05, 0) is 19.0 Å². The lowest BCUT2D eigenvalue weighted by Crippen LogP contribution is -2.40. The second kappa shape index (κ2) is 5.99. The smallest absolute Gasteiger partial charge is 0.0992 e. The summed E-state index contributed by atoms with van der Waals surface area (Å²) in [7, 11) is 2.09. The molecule has 2 rings (SSSR count). The molecule has 1 heterocycles. The lowest BCUT2D eigenvalue weighted by Gasteiger charge is -2.29. The second-order valence-corrected chi connectivity index (χ2v) is 4.40. The number of hydrogen-bond donors (Lipinski definition) is 1. The van der Waals surface area contributed by atoms with Crippen LogP contribution in [0.1, 0.15) is 12.0 Å². The Kier molecular flexibility index (Phi) is 4.34. The van der Waals surface area contributed by atoms with E-state index in [2.05, 4.69) is 41.5 Å². The number of nitrogens with one attached hydrogen (secondary N) is 1. The van der Waals surface area contributed by atoms with Crippen LogP contribution >= 0.6 is 0 Å². The maximum Gasteiger partial charge on any atom is 0.0992 e. The number of ether oxygens (including phenoxy) is 1. The molecule has 88 valence electrons. The SMILES string of the molecule is CN1CC[C@@H](CNCc2ccccc2)OC1. The van der Waals surface area contributed by atoms with Gasteiger partial charge in [-0.25, -0.2) is 0 Å². The summed E-state index contributed by atoms with van der Waals surface area (Å²) in [6.45, 7) is 3.77. The number of benzene rings is 1.